The largest absolute Gasteiger partial charge is 0.395 e. The van der Waals surface area contributed by atoms with Gasteiger partial charge in [0.05, 0.1) is 13.2 Å². The zero-order valence-corrected chi connectivity index (χ0v) is 9.87. The highest BCUT2D eigenvalue weighted by atomic mass is 16.5. The number of rotatable bonds is 7. The van der Waals surface area contributed by atoms with Crippen LogP contribution in [0.25, 0.3) is 0 Å². The lowest BCUT2D eigenvalue weighted by Crippen LogP contribution is -2.36. The molecule has 0 amide bonds. The maximum Gasteiger partial charge on any atom is 0.0587 e. The van der Waals surface area contributed by atoms with E-state index in [0.717, 1.165) is 25.5 Å². The Morgan fingerprint density at radius 1 is 1.33 bits per heavy atom. The second-order valence-electron chi connectivity index (χ2n) is 4.57. The Bertz CT molecular complexity index is 147. The van der Waals surface area contributed by atoms with E-state index in [4.69, 9.17) is 4.74 Å². The van der Waals surface area contributed by atoms with Gasteiger partial charge in [-0.1, -0.05) is 32.1 Å². The highest BCUT2D eigenvalue weighted by molar-refractivity contribution is 4.74. The molecule has 1 fully saturated rings. The molecule has 1 atom stereocenters. The van der Waals surface area contributed by atoms with E-state index in [1.54, 1.807) is 7.11 Å². The lowest BCUT2D eigenvalue weighted by molar-refractivity contribution is 0.170. The molecule has 0 radical (unpaired) electrons. The van der Waals surface area contributed by atoms with Gasteiger partial charge in [-0.05, 0) is 12.3 Å². The molecule has 1 aliphatic rings. The van der Waals surface area contributed by atoms with Gasteiger partial charge in [-0.2, -0.15) is 0 Å². The van der Waals surface area contributed by atoms with Gasteiger partial charge in [0.15, 0.2) is 0 Å². The molecule has 1 aliphatic carbocycles. The quantitative estimate of drug-likeness (QED) is 0.633. The second kappa shape index (κ2) is 8.08. The number of hydrogen-bond acceptors (Lipinski definition) is 3. The normalized spacial score (nSPS) is 20.4. The van der Waals surface area contributed by atoms with Gasteiger partial charge in [-0.25, -0.2) is 0 Å². The Kier molecular flexibility index (Phi) is 6.98. The summed E-state index contributed by atoms with van der Waals surface area (Å²) in [5.74, 6) is 0.825. The van der Waals surface area contributed by atoms with Crippen LogP contribution in [0.15, 0.2) is 0 Å². The first-order valence-corrected chi connectivity index (χ1v) is 6.20. The predicted molar refractivity (Wildman–Crippen MR) is 61.9 cm³/mol. The third-order valence-electron chi connectivity index (χ3n) is 3.30. The van der Waals surface area contributed by atoms with Crippen molar-refractivity contribution >= 4 is 0 Å². The van der Waals surface area contributed by atoms with Gasteiger partial charge in [0.25, 0.3) is 0 Å². The highest BCUT2D eigenvalue weighted by Gasteiger charge is 2.17. The molecule has 0 aromatic carbocycles. The van der Waals surface area contributed by atoms with Gasteiger partial charge in [0, 0.05) is 19.7 Å². The topological polar surface area (TPSA) is 41.5 Å². The molecule has 0 spiro atoms. The maximum atomic E-state index is 9.25. The van der Waals surface area contributed by atoms with Crippen molar-refractivity contribution in [3.63, 3.8) is 0 Å². The van der Waals surface area contributed by atoms with Gasteiger partial charge in [0.2, 0.25) is 0 Å². The molecule has 2 N–H and O–H groups in total. The maximum absolute atomic E-state index is 9.25. The first kappa shape index (κ1) is 12.9. The molecule has 0 aromatic heterocycles. The van der Waals surface area contributed by atoms with Crippen molar-refractivity contribution in [2.75, 3.05) is 26.9 Å². The van der Waals surface area contributed by atoms with E-state index in [2.05, 4.69) is 5.32 Å². The molecule has 0 aliphatic heterocycles. The van der Waals surface area contributed by atoms with Gasteiger partial charge < -0.3 is 15.2 Å². The van der Waals surface area contributed by atoms with Crippen LogP contribution >= 0.6 is 0 Å². The molecule has 90 valence electrons. The van der Waals surface area contributed by atoms with E-state index >= 15 is 0 Å². The fraction of sp³-hybridized carbons (Fsp3) is 1.00. The van der Waals surface area contributed by atoms with Crippen molar-refractivity contribution in [2.24, 2.45) is 5.92 Å². The third-order valence-corrected chi connectivity index (χ3v) is 3.30. The van der Waals surface area contributed by atoms with Crippen LogP contribution in [0.1, 0.15) is 38.5 Å². The van der Waals surface area contributed by atoms with E-state index in [1.165, 1.54) is 32.1 Å². The molecule has 3 heteroatoms. The van der Waals surface area contributed by atoms with Crippen molar-refractivity contribution in [1.29, 1.82) is 0 Å². The summed E-state index contributed by atoms with van der Waals surface area (Å²) < 4.78 is 4.98. The van der Waals surface area contributed by atoms with Crippen LogP contribution in [-0.2, 0) is 4.74 Å². The second-order valence-corrected chi connectivity index (χ2v) is 4.57. The van der Waals surface area contributed by atoms with Crippen molar-refractivity contribution in [2.45, 2.75) is 44.6 Å². The monoisotopic (exact) mass is 215 g/mol. The smallest absolute Gasteiger partial charge is 0.0587 e. The number of methoxy groups -OCH3 is 1. The Hall–Kier alpha value is -0.120. The van der Waals surface area contributed by atoms with Crippen LogP contribution in [0.5, 0.6) is 0 Å². The molecule has 0 bridgehead atoms. The number of aliphatic hydroxyl groups excluding tert-OH is 1. The predicted octanol–water partition coefficient (Wildman–Crippen LogP) is 1.55. The van der Waals surface area contributed by atoms with E-state index in [-0.39, 0.29) is 12.6 Å². The molecule has 1 saturated carbocycles. The van der Waals surface area contributed by atoms with Crippen molar-refractivity contribution in [3.8, 4) is 0 Å². The summed E-state index contributed by atoms with van der Waals surface area (Å²) >= 11 is 0. The molecular weight excluding hydrogens is 190 g/mol. The summed E-state index contributed by atoms with van der Waals surface area (Å²) in [6, 6.07) is 0.267. The Morgan fingerprint density at radius 3 is 2.67 bits per heavy atom. The average Bonchev–Trinajstić information content (AvgIpc) is 2.29. The van der Waals surface area contributed by atoms with Crippen molar-refractivity contribution < 1.29 is 9.84 Å². The summed E-state index contributed by atoms with van der Waals surface area (Å²) in [7, 11) is 1.71. The SMILES string of the molecule is COCCNC(CO)CC1CCCCC1. The van der Waals surface area contributed by atoms with Crippen molar-refractivity contribution in [1.82, 2.24) is 5.32 Å². The highest BCUT2D eigenvalue weighted by Crippen LogP contribution is 2.27. The Morgan fingerprint density at radius 2 is 2.07 bits per heavy atom. The Labute approximate surface area is 93.2 Å². The number of hydrogen-bond donors (Lipinski definition) is 2. The molecule has 0 aromatic rings. The molecular formula is C12H25NO2. The Balaban J connectivity index is 2.13. The van der Waals surface area contributed by atoms with Gasteiger partial charge in [-0.15, -0.1) is 0 Å². The summed E-state index contributed by atoms with van der Waals surface area (Å²) in [5.41, 5.74) is 0. The summed E-state index contributed by atoms with van der Waals surface area (Å²) in [4.78, 5) is 0. The molecule has 1 rings (SSSR count). The van der Waals surface area contributed by atoms with Gasteiger partial charge >= 0.3 is 0 Å². The zero-order chi connectivity index (χ0) is 10.9. The third kappa shape index (κ3) is 5.50. The number of nitrogens with one attached hydrogen (secondary N) is 1. The molecule has 15 heavy (non-hydrogen) atoms. The minimum Gasteiger partial charge on any atom is -0.395 e. The van der Waals surface area contributed by atoms with Crippen LogP contribution in [0.2, 0.25) is 0 Å². The molecule has 0 heterocycles. The first-order valence-electron chi connectivity index (χ1n) is 6.20. The summed E-state index contributed by atoms with van der Waals surface area (Å²) in [5, 5.41) is 12.6. The summed E-state index contributed by atoms with van der Waals surface area (Å²) in [6.07, 6.45) is 7.98. The number of ether oxygens (including phenoxy) is 1. The number of aliphatic hydroxyl groups is 1. The van der Waals surface area contributed by atoms with Gasteiger partial charge in [0.1, 0.15) is 0 Å². The van der Waals surface area contributed by atoms with E-state index in [1.807, 2.05) is 0 Å². The van der Waals surface area contributed by atoms with E-state index in [9.17, 15) is 5.11 Å². The van der Waals surface area contributed by atoms with Crippen LogP contribution in [0, 0.1) is 5.92 Å². The fourth-order valence-electron chi connectivity index (χ4n) is 2.41. The summed E-state index contributed by atoms with van der Waals surface area (Å²) in [6.45, 7) is 1.82. The van der Waals surface area contributed by atoms with Crippen LogP contribution in [-0.4, -0.2) is 38.0 Å². The average molecular weight is 215 g/mol. The molecule has 3 nitrogen and oxygen atoms in total. The minimum absolute atomic E-state index is 0.250. The van der Waals surface area contributed by atoms with Crippen molar-refractivity contribution in [3.05, 3.63) is 0 Å². The van der Waals surface area contributed by atoms with E-state index in [0.29, 0.717) is 0 Å². The lowest BCUT2D eigenvalue weighted by atomic mass is 9.85. The minimum atomic E-state index is 0.250. The van der Waals surface area contributed by atoms with Crippen LogP contribution in [0.3, 0.4) is 0 Å². The van der Waals surface area contributed by atoms with E-state index < -0.39 is 0 Å². The fourth-order valence-corrected chi connectivity index (χ4v) is 2.41. The standard InChI is InChI=1S/C12H25NO2/c1-15-8-7-13-12(10-14)9-11-5-3-2-4-6-11/h11-14H,2-10H2,1H3. The molecule has 0 saturated heterocycles. The van der Waals surface area contributed by atoms with Crippen LogP contribution < -0.4 is 5.32 Å². The lowest BCUT2D eigenvalue weighted by Gasteiger charge is -2.26. The van der Waals surface area contributed by atoms with Crippen LogP contribution in [0.4, 0.5) is 0 Å². The first-order chi connectivity index (χ1) is 7.36. The zero-order valence-electron chi connectivity index (χ0n) is 9.87. The van der Waals surface area contributed by atoms with Gasteiger partial charge in [-0.3, -0.25) is 0 Å². The molecule has 1 unspecified atom stereocenters.